The zero-order valence-electron chi connectivity index (χ0n) is 19.9. The third-order valence-electron chi connectivity index (χ3n) is 6.84. The lowest BCUT2D eigenvalue weighted by molar-refractivity contribution is 0.318. The van der Waals surface area contributed by atoms with Crippen molar-refractivity contribution in [3.8, 4) is 17.6 Å². The SMILES string of the molecule is N#CCCN1CC[C@@H](C2CN=C(c3ccc(Oc4c(F)c(F)cc(F)c4F)cc3F)c3c(N)ncnc32)C1. The van der Waals surface area contributed by atoms with Crippen LogP contribution < -0.4 is 10.5 Å². The molecule has 2 aliphatic heterocycles. The van der Waals surface area contributed by atoms with Crippen molar-refractivity contribution in [3.63, 3.8) is 0 Å². The number of fused-ring (bicyclic) bond motifs is 1. The zero-order valence-corrected chi connectivity index (χ0v) is 19.9. The van der Waals surface area contributed by atoms with Gasteiger partial charge < -0.3 is 15.4 Å². The van der Waals surface area contributed by atoms with Crippen molar-refractivity contribution >= 4 is 11.5 Å². The van der Waals surface area contributed by atoms with Crippen molar-refractivity contribution < 1.29 is 26.7 Å². The maximum absolute atomic E-state index is 15.3. The fraction of sp³-hybridized carbons (Fsp3) is 0.308. The molecule has 3 aromatic rings. The Bertz CT molecular complexity index is 1450. The highest BCUT2D eigenvalue weighted by Crippen LogP contribution is 2.39. The summed E-state index contributed by atoms with van der Waals surface area (Å²) in [7, 11) is 0. The normalized spacial score (nSPS) is 19.1. The summed E-state index contributed by atoms with van der Waals surface area (Å²) in [5, 5.41) is 8.87. The van der Waals surface area contributed by atoms with Crippen LogP contribution in [0.5, 0.6) is 11.5 Å². The van der Waals surface area contributed by atoms with Gasteiger partial charge in [-0.3, -0.25) is 4.99 Å². The molecule has 0 amide bonds. The summed E-state index contributed by atoms with van der Waals surface area (Å²) in [6.07, 6.45) is 2.68. The molecular formula is C26H21F5N6O. The Hall–Kier alpha value is -4.11. The van der Waals surface area contributed by atoms with Crippen LogP contribution in [0, 0.1) is 46.3 Å². The van der Waals surface area contributed by atoms with E-state index < -0.39 is 34.8 Å². The van der Waals surface area contributed by atoms with E-state index in [1.807, 2.05) is 0 Å². The number of nitrogens with zero attached hydrogens (tertiary/aromatic N) is 5. The fourth-order valence-electron chi connectivity index (χ4n) is 5.00. The first-order valence-corrected chi connectivity index (χ1v) is 11.8. The molecule has 1 unspecified atom stereocenters. The van der Waals surface area contributed by atoms with Gasteiger partial charge in [0.1, 0.15) is 23.7 Å². The predicted octanol–water partition coefficient (Wildman–Crippen LogP) is 4.72. The quantitative estimate of drug-likeness (QED) is 0.367. The Morgan fingerprint density at radius 2 is 1.82 bits per heavy atom. The van der Waals surface area contributed by atoms with Gasteiger partial charge >= 0.3 is 0 Å². The van der Waals surface area contributed by atoms with E-state index in [1.54, 1.807) is 0 Å². The number of nitriles is 1. The first kappa shape index (κ1) is 25.5. The van der Waals surface area contributed by atoms with Crippen LogP contribution in [0.15, 0.2) is 35.6 Å². The molecule has 1 aromatic heterocycles. The second kappa shape index (κ2) is 10.3. The van der Waals surface area contributed by atoms with Crippen molar-refractivity contribution in [1.29, 1.82) is 5.26 Å². The average Bonchev–Trinajstić information content (AvgIpc) is 3.37. The van der Waals surface area contributed by atoms with Crippen LogP contribution in [0.25, 0.3) is 0 Å². The smallest absolute Gasteiger partial charge is 0.204 e. The Balaban J connectivity index is 1.44. The average molecular weight is 528 g/mol. The maximum Gasteiger partial charge on any atom is 0.204 e. The first-order chi connectivity index (χ1) is 18.3. The molecule has 0 aliphatic carbocycles. The largest absolute Gasteiger partial charge is 0.451 e. The number of nitrogen functional groups attached to an aromatic ring is 1. The molecule has 2 aromatic carbocycles. The van der Waals surface area contributed by atoms with Gasteiger partial charge in [0, 0.05) is 49.7 Å². The minimum atomic E-state index is -1.74. The molecule has 2 N–H and O–H groups in total. The number of benzene rings is 2. The third-order valence-corrected chi connectivity index (χ3v) is 6.84. The van der Waals surface area contributed by atoms with Crippen LogP contribution >= 0.6 is 0 Å². The summed E-state index contributed by atoms with van der Waals surface area (Å²) in [5.74, 6) is -9.10. The van der Waals surface area contributed by atoms with E-state index in [0.29, 0.717) is 30.8 Å². The third kappa shape index (κ3) is 4.65. The van der Waals surface area contributed by atoms with Gasteiger partial charge in [0.2, 0.25) is 17.4 Å². The molecule has 12 heteroatoms. The topological polar surface area (TPSA) is 100 Å². The van der Waals surface area contributed by atoms with Crippen LogP contribution in [0.2, 0.25) is 0 Å². The predicted molar refractivity (Wildman–Crippen MR) is 127 cm³/mol. The summed E-state index contributed by atoms with van der Waals surface area (Å²) in [5.41, 5.74) is 7.47. The lowest BCUT2D eigenvalue weighted by Crippen LogP contribution is -2.29. The molecular weight excluding hydrogens is 507 g/mol. The molecule has 0 bridgehead atoms. The van der Waals surface area contributed by atoms with Crippen molar-refractivity contribution in [2.45, 2.75) is 18.8 Å². The number of nitrogens with two attached hydrogens (primary N) is 1. The van der Waals surface area contributed by atoms with E-state index in [9.17, 15) is 17.6 Å². The van der Waals surface area contributed by atoms with Gasteiger partial charge in [0.05, 0.1) is 23.0 Å². The number of rotatable bonds is 6. The van der Waals surface area contributed by atoms with E-state index in [-0.39, 0.29) is 40.7 Å². The highest BCUT2D eigenvalue weighted by Gasteiger charge is 2.37. The van der Waals surface area contributed by atoms with E-state index in [0.717, 1.165) is 25.6 Å². The number of aliphatic imine (C=N–C) groups is 1. The summed E-state index contributed by atoms with van der Waals surface area (Å²) < 4.78 is 75.3. The molecule has 0 saturated carbocycles. The zero-order chi connectivity index (χ0) is 27.0. The Morgan fingerprint density at radius 3 is 2.53 bits per heavy atom. The number of ether oxygens (including phenoxy) is 1. The van der Waals surface area contributed by atoms with Gasteiger partial charge in [-0.2, -0.15) is 14.0 Å². The van der Waals surface area contributed by atoms with Gasteiger partial charge in [0.25, 0.3) is 0 Å². The van der Waals surface area contributed by atoms with E-state index in [4.69, 9.17) is 15.7 Å². The highest BCUT2D eigenvalue weighted by atomic mass is 19.2. The van der Waals surface area contributed by atoms with Crippen LogP contribution in [-0.2, 0) is 0 Å². The van der Waals surface area contributed by atoms with Crippen LogP contribution in [0.1, 0.15) is 35.6 Å². The van der Waals surface area contributed by atoms with Gasteiger partial charge in [0.15, 0.2) is 11.6 Å². The number of aromatic nitrogens is 2. The van der Waals surface area contributed by atoms with E-state index in [1.165, 1.54) is 18.5 Å². The number of anilines is 1. The lowest BCUT2D eigenvalue weighted by atomic mass is 9.82. The van der Waals surface area contributed by atoms with Gasteiger partial charge in [-0.05, 0) is 31.0 Å². The minimum Gasteiger partial charge on any atom is -0.451 e. The van der Waals surface area contributed by atoms with Crippen molar-refractivity contribution in [1.82, 2.24) is 14.9 Å². The summed E-state index contributed by atoms with van der Waals surface area (Å²) in [6, 6.07) is 5.49. The second-order valence-corrected chi connectivity index (χ2v) is 9.11. The van der Waals surface area contributed by atoms with Crippen LogP contribution in [-0.4, -0.2) is 46.8 Å². The molecule has 1 fully saturated rings. The monoisotopic (exact) mass is 528 g/mol. The van der Waals surface area contributed by atoms with Crippen LogP contribution in [0.3, 0.4) is 0 Å². The van der Waals surface area contributed by atoms with Gasteiger partial charge in [-0.15, -0.1) is 0 Å². The number of halogens is 5. The summed E-state index contributed by atoms with van der Waals surface area (Å²) >= 11 is 0. The van der Waals surface area contributed by atoms with Crippen molar-refractivity contribution in [2.24, 2.45) is 10.9 Å². The number of hydrogen-bond acceptors (Lipinski definition) is 7. The first-order valence-electron chi connectivity index (χ1n) is 11.8. The molecule has 1 saturated heterocycles. The Kier molecular flexibility index (Phi) is 6.94. The molecule has 2 aliphatic rings. The van der Waals surface area contributed by atoms with Gasteiger partial charge in [-0.25, -0.2) is 23.1 Å². The standard InChI is InChI=1S/C26H21F5N6O/c27-17-8-14(38-25-21(30)18(28)9-19(29)22(25)31)2-3-15(17)23-20-24(35-12-36-26(20)33)16(10-34-23)13-4-7-37(11-13)6-1-5-32/h2-3,8-9,12-13,16H,1,4,6-7,10-11H2,(H2,33,35,36)/t13-,16?/m1/s1. The maximum atomic E-state index is 15.3. The second-order valence-electron chi connectivity index (χ2n) is 9.11. The molecule has 0 spiro atoms. The number of hydrogen-bond donors (Lipinski definition) is 1. The lowest BCUT2D eigenvalue weighted by Gasteiger charge is -2.29. The van der Waals surface area contributed by atoms with Crippen LogP contribution in [0.4, 0.5) is 27.8 Å². The Labute approximate surface area is 214 Å². The van der Waals surface area contributed by atoms with Crippen molar-refractivity contribution in [3.05, 3.63) is 76.5 Å². The highest BCUT2D eigenvalue weighted by molar-refractivity contribution is 6.16. The molecule has 3 heterocycles. The molecule has 5 rings (SSSR count). The Morgan fingerprint density at radius 1 is 1.05 bits per heavy atom. The number of likely N-dealkylation sites (tertiary alicyclic amines) is 1. The fourth-order valence-corrected chi connectivity index (χ4v) is 5.00. The minimum absolute atomic E-state index is 0.0204. The molecule has 196 valence electrons. The van der Waals surface area contributed by atoms with Crippen molar-refractivity contribution in [2.75, 3.05) is 31.9 Å². The molecule has 38 heavy (non-hydrogen) atoms. The molecule has 7 nitrogen and oxygen atoms in total. The molecule has 2 atom stereocenters. The van der Waals surface area contributed by atoms with E-state index >= 15 is 4.39 Å². The van der Waals surface area contributed by atoms with E-state index in [2.05, 4.69) is 25.9 Å². The summed E-state index contributed by atoms with van der Waals surface area (Å²) in [4.78, 5) is 15.4. The summed E-state index contributed by atoms with van der Waals surface area (Å²) in [6.45, 7) is 2.63. The molecule has 0 radical (unpaired) electrons. The van der Waals surface area contributed by atoms with Gasteiger partial charge in [-0.1, -0.05) is 0 Å².